The summed E-state index contributed by atoms with van der Waals surface area (Å²) >= 11 is 5.92. The number of hydrogen-bond acceptors (Lipinski definition) is 2. The molecular weight excluding hydrogens is 251 g/mol. The van der Waals surface area contributed by atoms with Gasteiger partial charge in [0, 0.05) is 5.02 Å². The predicted molar refractivity (Wildman–Crippen MR) is 61.2 cm³/mol. The molecule has 0 spiro atoms. The molecule has 0 aliphatic rings. The first-order valence-corrected chi connectivity index (χ1v) is 5.59. The van der Waals surface area contributed by atoms with Crippen molar-refractivity contribution in [2.75, 3.05) is 0 Å². The quantitative estimate of drug-likeness (QED) is 0.764. The molecule has 1 aromatic rings. The predicted octanol–water partition coefficient (Wildman–Crippen LogP) is -0.233. The molecule has 0 aromatic heterocycles. The van der Waals surface area contributed by atoms with Crippen molar-refractivity contribution in [3.63, 3.8) is 0 Å². The molecule has 0 aliphatic heterocycles. The molecule has 5 heteroatoms. The molecule has 1 N–H and O–H groups in total. The fourth-order valence-corrected chi connectivity index (χ4v) is 1.95. The van der Waals surface area contributed by atoms with Crippen molar-refractivity contribution in [3.05, 3.63) is 27.8 Å². The van der Waals surface area contributed by atoms with Crippen LogP contribution in [0.15, 0.2) is 6.07 Å². The summed E-state index contributed by atoms with van der Waals surface area (Å²) in [7, 11) is 0. The third-order valence-electron chi connectivity index (χ3n) is 2.59. The first-order chi connectivity index (χ1) is 7.49. The van der Waals surface area contributed by atoms with E-state index < -0.39 is 5.97 Å². The molecule has 0 atom stereocenters. The number of hydrogen-bond donors (Lipinski definition) is 1. The van der Waals surface area contributed by atoms with E-state index in [9.17, 15) is 9.90 Å². The number of carbonyl (C=O) groups is 1. The minimum absolute atomic E-state index is 0. The fourth-order valence-electron chi connectivity index (χ4n) is 1.67. The summed E-state index contributed by atoms with van der Waals surface area (Å²) in [4.78, 5) is 11.1. The van der Waals surface area contributed by atoms with E-state index in [1.54, 1.807) is 0 Å². The van der Waals surface area contributed by atoms with E-state index in [0.717, 1.165) is 12.8 Å². The Morgan fingerprint density at radius 3 is 2.59 bits per heavy atom. The van der Waals surface area contributed by atoms with Gasteiger partial charge < -0.3 is 10.2 Å². The van der Waals surface area contributed by atoms with E-state index in [0.29, 0.717) is 12.0 Å². The molecular formula is C12H14ClNaO3. The van der Waals surface area contributed by atoms with Crippen molar-refractivity contribution in [2.24, 2.45) is 0 Å². The minimum atomic E-state index is -1.08. The summed E-state index contributed by atoms with van der Waals surface area (Å²) < 4.78 is 0. The minimum Gasteiger partial charge on any atom is -0.872 e. The maximum Gasteiger partial charge on any atom is 1.00 e. The van der Waals surface area contributed by atoms with Gasteiger partial charge in [-0.05, 0) is 30.9 Å². The first-order valence-electron chi connectivity index (χ1n) is 5.21. The second-order valence-electron chi connectivity index (χ2n) is 3.74. The van der Waals surface area contributed by atoms with Gasteiger partial charge >= 0.3 is 35.5 Å². The van der Waals surface area contributed by atoms with Crippen molar-refractivity contribution < 1.29 is 44.6 Å². The Bertz CT molecular complexity index is 419. The maximum absolute atomic E-state index is 11.4. The zero-order valence-electron chi connectivity index (χ0n) is 10.3. The van der Waals surface area contributed by atoms with Gasteiger partial charge in [0.05, 0.1) is 5.56 Å². The molecule has 1 aromatic carbocycles. The molecule has 0 amide bonds. The Hall–Kier alpha value is -0.220. The molecule has 0 saturated carbocycles. The number of unbranched alkanes of at least 4 members (excludes halogenated alkanes) is 1. The van der Waals surface area contributed by atoms with Crippen molar-refractivity contribution >= 4 is 17.6 Å². The van der Waals surface area contributed by atoms with Crippen LogP contribution in [0.4, 0.5) is 0 Å². The van der Waals surface area contributed by atoms with Gasteiger partial charge in [-0.15, -0.1) is 5.75 Å². The first kappa shape index (κ1) is 16.8. The number of carboxylic acid groups (broad SMARTS) is 1. The number of benzene rings is 1. The number of carboxylic acids is 1. The van der Waals surface area contributed by atoms with Crippen LogP contribution in [-0.2, 0) is 6.42 Å². The smallest absolute Gasteiger partial charge is 0.872 e. The Labute approximate surface area is 128 Å². The van der Waals surface area contributed by atoms with Crippen LogP contribution in [0.1, 0.15) is 41.3 Å². The monoisotopic (exact) mass is 264 g/mol. The van der Waals surface area contributed by atoms with Crippen LogP contribution in [0.2, 0.25) is 5.02 Å². The Balaban J connectivity index is 0.00000256. The van der Waals surface area contributed by atoms with E-state index in [-0.39, 0.29) is 51.5 Å². The molecule has 1 rings (SSSR count). The zero-order valence-corrected chi connectivity index (χ0v) is 13.1. The van der Waals surface area contributed by atoms with Crippen molar-refractivity contribution in [1.82, 2.24) is 0 Å². The number of rotatable bonds is 4. The Morgan fingerprint density at radius 2 is 2.12 bits per heavy atom. The third-order valence-corrected chi connectivity index (χ3v) is 2.92. The van der Waals surface area contributed by atoms with Gasteiger partial charge in [-0.1, -0.05) is 31.0 Å². The average Bonchev–Trinajstić information content (AvgIpc) is 2.20. The molecule has 17 heavy (non-hydrogen) atoms. The molecule has 0 fully saturated rings. The second kappa shape index (κ2) is 7.27. The summed E-state index contributed by atoms with van der Waals surface area (Å²) in [5.74, 6) is -1.40. The number of halogens is 1. The van der Waals surface area contributed by atoms with Gasteiger partial charge in [-0.3, -0.25) is 0 Å². The van der Waals surface area contributed by atoms with Crippen molar-refractivity contribution in [3.8, 4) is 5.75 Å². The maximum atomic E-state index is 11.4. The Kier molecular flexibility index (Phi) is 7.17. The summed E-state index contributed by atoms with van der Waals surface area (Å²) in [6.07, 6.45) is 2.41. The molecule has 0 aliphatic carbocycles. The summed E-state index contributed by atoms with van der Waals surface area (Å²) in [5.41, 5.74) is 0.919. The van der Waals surface area contributed by atoms with Gasteiger partial charge in [-0.2, -0.15) is 0 Å². The van der Waals surface area contributed by atoms with Crippen LogP contribution in [0.5, 0.6) is 5.75 Å². The molecule has 0 bridgehead atoms. The largest absolute Gasteiger partial charge is 1.00 e. The van der Waals surface area contributed by atoms with Gasteiger partial charge in [0.2, 0.25) is 0 Å². The molecule has 0 heterocycles. The number of aromatic carboxylic acids is 1. The van der Waals surface area contributed by atoms with Crippen LogP contribution >= 0.6 is 11.6 Å². The van der Waals surface area contributed by atoms with Gasteiger partial charge in [0.25, 0.3) is 0 Å². The van der Waals surface area contributed by atoms with E-state index in [4.69, 9.17) is 16.7 Å². The summed E-state index contributed by atoms with van der Waals surface area (Å²) in [5, 5.41) is 20.8. The fraction of sp³-hybridized carbons (Fsp3) is 0.417. The normalized spacial score (nSPS) is 9.82. The second-order valence-corrected chi connectivity index (χ2v) is 4.15. The topological polar surface area (TPSA) is 60.4 Å². The van der Waals surface area contributed by atoms with Crippen LogP contribution in [0, 0.1) is 6.92 Å². The Morgan fingerprint density at radius 1 is 1.53 bits per heavy atom. The average molecular weight is 265 g/mol. The molecule has 0 saturated heterocycles. The van der Waals surface area contributed by atoms with Crippen LogP contribution in [0.3, 0.4) is 0 Å². The summed E-state index contributed by atoms with van der Waals surface area (Å²) in [6, 6.07) is 1.30. The zero-order chi connectivity index (χ0) is 12.3. The molecule has 88 valence electrons. The van der Waals surface area contributed by atoms with Crippen LogP contribution in [0.25, 0.3) is 0 Å². The van der Waals surface area contributed by atoms with E-state index in [1.165, 1.54) is 13.0 Å². The SMILES string of the molecule is CCCCc1c(Cl)cc([O-])c(C)c1C(=O)O.[Na+]. The molecule has 3 nitrogen and oxygen atoms in total. The van der Waals surface area contributed by atoms with E-state index in [2.05, 4.69) is 0 Å². The summed E-state index contributed by atoms with van der Waals surface area (Å²) in [6.45, 7) is 3.54. The van der Waals surface area contributed by atoms with Gasteiger partial charge in [0.15, 0.2) is 0 Å². The van der Waals surface area contributed by atoms with Gasteiger partial charge in [-0.25, -0.2) is 4.79 Å². The van der Waals surface area contributed by atoms with Crippen LogP contribution in [-0.4, -0.2) is 11.1 Å². The molecule has 0 unspecified atom stereocenters. The third kappa shape index (κ3) is 3.88. The van der Waals surface area contributed by atoms with E-state index >= 15 is 0 Å². The van der Waals surface area contributed by atoms with Crippen molar-refractivity contribution in [1.29, 1.82) is 0 Å². The van der Waals surface area contributed by atoms with Crippen molar-refractivity contribution in [2.45, 2.75) is 33.1 Å². The van der Waals surface area contributed by atoms with E-state index in [1.807, 2.05) is 6.92 Å². The standard InChI is InChI=1S/C12H15ClO3.Na/c1-3-4-5-8-9(13)6-10(14)7(2)11(8)12(15)16;/h6,14H,3-5H2,1-2H3,(H,15,16);/q;+1/p-1. The van der Waals surface area contributed by atoms with Crippen LogP contribution < -0.4 is 34.7 Å². The molecule has 0 radical (unpaired) electrons. The van der Waals surface area contributed by atoms with Gasteiger partial charge in [0.1, 0.15) is 0 Å².